The molecule has 2 aromatic carbocycles. The van der Waals surface area contributed by atoms with Crippen LogP contribution in [0.15, 0.2) is 48.5 Å². The molecule has 0 bridgehead atoms. The molecule has 0 spiro atoms. The van der Waals surface area contributed by atoms with Crippen LogP contribution in [0, 0.1) is 5.82 Å². The van der Waals surface area contributed by atoms with Crippen molar-refractivity contribution in [3.05, 3.63) is 70.5 Å². The molecule has 5 nitrogen and oxygen atoms in total. The Labute approximate surface area is 169 Å². The molecule has 2 saturated heterocycles. The maximum absolute atomic E-state index is 13.1. The van der Waals surface area contributed by atoms with Crippen LogP contribution in [0.5, 0.6) is 0 Å². The average molecular weight is 403 g/mol. The Hall–Kier alpha value is -1.99. The lowest BCUT2D eigenvalue weighted by Crippen LogP contribution is -2.51. The Kier molecular flexibility index (Phi) is 5.92. The number of carbonyl (C=O) groups excluding carboxylic acids is 1. The largest absolute Gasteiger partial charge is 0.349 e. The van der Waals surface area contributed by atoms with Gasteiger partial charge in [0.05, 0.1) is 16.8 Å². The highest BCUT2D eigenvalue weighted by Gasteiger charge is 2.32. The monoisotopic (exact) mass is 402 g/mol. The van der Waals surface area contributed by atoms with E-state index < -0.39 is 0 Å². The first-order valence-corrected chi connectivity index (χ1v) is 10.0. The molecule has 2 atom stereocenters. The second-order valence-corrected chi connectivity index (χ2v) is 7.82. The summed E-state index contributed by atoms with van der Waals surface area (Å²) in [5.41, 5.74) is 8.27. The van der Waals surface area contributed by atoms with Gasteiger partial charge in [-0.1, -0.05) is 35.9 Å². The van der Waals surface area contributed by atoms with Crippen LogP contribution < -0.4 is 16.2 Å². The molecular weight excluding hydrogens is 379 g/mol. The van der Waals surface area contributed by atoms with Crippen LogP contribution in [-0.4, -0.2) is 36.1 Å². The number of carbonyl (C=O) groups is 1. The maximum Gasteiger partial charge on any atom is 0.253 e. The first kappa shape index (κ1) is 19.3. The maximum atomic E-state index is 13.1. The number of amides is 1. The number of hydrogen-bond donors (Lipinski definition) is 3. The summed E-state index contributed by atoms with van der Waals surface area (Å²) < 4.78 is 13.1. The van der Waals surface area contributed by atoms with Gasteiger partial charge in [-0.15, -0.1) is 0 Å². The summed E-state index contributed by atoms with van der Waals surface area (Å²) in [4.78, 5) is 14.8. The third kappa shape index (κ3) is 4.36. The molecular formula is C21H24ClFN4O. The first-order valence-electron chi connectivity index (χ1n) is 9.66. The fraction of sp³-hybridized carbons (Fsp3) is 0.381. The van der Waals surface area contributed by atoms with Crippen LogP contribution in [0.3, 0.4) is 0 Å². The van der Waals surface area contributed by atoms with E-state index in [-0.39, 0.29) is 30.0 Å². The molecule has 0 saturated carbocycles. The summed E-state index contributed by atoms with van der Waals surface area (Å²) in [6, 6.07) is 14.1. The van der Waals surface area contributed by atoms with Gasteiger partial charge in [0, 0.05) is 25.2 Å². The summed E-state index contributed by atoms with van der Waals surface area (Å²) in [5, 5.41) is 3.58. The predicted octanol–water partition coefficient (Wildman–Crippen LogP) is 3.24. The van der Waals surface area contributed by atoms with E-state index in [1.54, 1.807) is 12.1 Å². The highest BCUT2D eigenvalue weighted by molar-refractivity contribution is 6.33. The molecule has 4 rings (SSSR count). The van der Waals surface area contributed by atoms with Crippen LogP contribution in [0.4, 0.5) is 4.39 Å². The summed E-state index contributed by atoms with van der Waals surface area (Å²) in [5.74, 6) is -0.326. The van der Waals surface area contributed by atoms with Crippen molar-refractivity contribution in [3.8, 4) is 0 Å². The Balaban J connectivity index is 1.27. The molecule has 1 amide bonds. The third-order valence-corrected chi connectivity index (χ3v) is 5.91. The van der Waals surface area contributed by atoms with Gasteiger partial charge in [-0.2, -0.15) is 0 Å². The van der Waals surface area contributed by atoms with Crippen molar-refractivity contribution < 1.29 is 9.18 Å². The fourth-order valence-electron chi connectivity index (χ4n) is 3.96. The normalized spacial score (nSPS) is 23.6. The molecule has 0 radical (unpaired) electrons. The van der Waals surface area contributed by atoms with Gasteiger partial charge in [-0.25, -0.2) is 15.2 Å². The fourth-order valence-corrected chi connectivity index (χ4v) is 4.18. The SMILES string of the molecule is O=C(NC1CCN(C2CC(c3ccc(F)cc3)NN2)CC1)c1ccccc1Cl. The van der Waals surface area contributed by atoms with E-state index in [1.807, 2.05) is 24.3 Å². The topological polar surface area (TPSA) is 56.4 Å². The van der Waals surface area contributed by atoms with E-state index in [2.05, 4.69) is 21.1 Å². The molecule has 0 aliphatic carbocycles. The lowest BCUT2D eigenvalue weighted by Gasteiger charge is -2.35. The number of nitrogens with zero attached hydrogens (tertiary/aromatic N) is 1. The molecule has 2 aromatic rings. The molecule has 0 aromatic heterocycles. The molecule has 28 heavy (non-hydrogen) atoms. The smallest absolute Gasteiger partial charge is 0.253 e. The van der Waals surface area contributed by atoms with Crippen LogP contribution in [0.1, 0.15) is 41.2 Å². The molecule has 2 heterocycles. The Morgan fingerprint density at radius 2 is 1.79 bits per heavy atom. The number of rotatable bonds is 4. The Morgan fingerprint density at radius 3 is 2.50 bits per heavy atom. The van der Waals surface area contributed by atoms with Gasteiger partial charge in [0.15, 0.2) is 0 Å². The average Bonchev–Trinajstić information content (AvgIpc) is 3.19. The number of nitrogens with one attached hydrogen (secondary N) is 3. The van der Waals surface area contributed by atoms with E-state index in [0.717, 1.165) is 37.9 Å². The summed E-state index contributed by atoms with van der Waals surface area (Å²) in [7, 11) is 0. The second kappa shape index (κ2) is 8.57. The van der Waals surface area contributed by atoms with E-state index >= 15 is 0 Å². The van der Waals surface area contributed by atoms with Gasteiger partial charge >= 0.3 is 0 Å². The van der Waals surface area contributed by atoms with E-state index in [4.69, 9.17) is 11.6 Å². The number of piperidine rings is 1. The molecule has 7 heteroatoms. The van der Waals surface area contributed by atoms with Crippen LogP contribution in [0.2, 0.25) is 5.02 Å². The van der Waals surface area contributed by atoms with E-state index in [9.17, 15) is 9.18 Å². The third-order valence-electron chi connectivity index (χ3n) is 5.58. The van der Waals surface area contributed by atoms with Crippen molar-refractivity contribution in [1.29, 1.82) is 0 Å². The lowest BCUT2D eigenvalue weighted by molar-refractivity contribution is 0.0880. The number of halogens is 2. The van der Waals surface area contributed by atoms with Crippen molar-refractivity contribution in [1.82, 2.24) is 21.1 Å². The summed E-state index contributed by atoms with van der Waals surface area (Å²) >= 11 is 6.11. The number of hydrazine groups is 1. The quantitative estimate of drug-likeness (QED) is 0.735. The molecule has 2 aliphatic rings. The zero-order chi connectivity index (χ0) is 19.5. The van der Waals surface area contributed by atoms with Gasteiger partial charge in [0.25, 0.3) is 5.91 Å². The summed E-state index contributed by atoms with van der Waals surface area (Å²) in [6.45, 7) is 1.81. The molecule has 2 aliphatic heterocycles. The van der Waals surface area contributed by atoms with Crippen molar-refractivity contribution in [2.75, 3.05) is 13.1 Å². The van der Waals surface area contributed by atoms with E-state index in [0.29, 0.717) is 10.6 Å². The zero-order valence-electron chi connectivity index (χ0n) is 15.5. The minimum Gasteiger partial charge on any atom is -0.349 e. The standard InChI is InChI=1S/C21H24ClFN4O/c22-18-4-2-1-3-17(18)21(28)24-16-9-11-27(12-10-16)20-13-19(25-26-20)14-5-7-15(23)8-6-14/h1-8,16,19-20,25-26H,9-13H2,(H,24,28). The molecule has 2 unspecified atom stereocenters. The lowest BCUT2D eigenvalue weighted by atomic mass is 10.0. The number of benzene rings is 2. The molecule has 3 N–H and O–H groups in total. The van der Waals surface area contributed by atoms with Gasteiger partial charge < -0.3 is 5.32 Å². The Bertz CT molecular complexity index is 823. The molecule has 148 valence electrons. The minimum absolute atomic E-state index is 0.110. The second-order valence-electron chi connectivity index (χ2n) is 7.41. The van der Waals surface area contributed by atoms with Gasteiger partial charge in [0.2, 0.25) is 0 Å². The summed E-state index contributed by atoms with van der Waals surface area (Å²) in [6.07, 6.45) is 2.95. The first-order chi connectivity index (χ1) is 13.6. The van der Waals surface area contributed by atoms with Gasteiger partial charge in [-0.05, 0) is 49.1 Å². The molecule has 2 fully saturated rings. The van der Waals surface area contributed by atoms with Crippen molar-refractivity contribution >= 4 is 17.5 Å². The van der Waals surface area contributed by atoms with Gasteiger partial charge in [0.1, 0.15) is 5.82 Å². The number of hydrogen-bond acceptors (Lipinski definition) is 4. The van der Waals surface area contributed by atoms with Crippen molar-refractivity contribution in [3.63, 3.8) is 0 Å². The number of likely N-dealkylation sites (tertiary alicyclic amines) is 1. The Morgan fingerprint density at radius 1 is 1.07 bits per heavy atom. The zero-order valence-corrected chi connectivity index (χ0v) is 16.3. The predicted molar refractivity (Wildman–Crippen MR) is 107 cm³/mol. The highest BCUT2D eigenvalue weighted by atomic mass is 35.5. The van der Waals surface area contributed by atoms with Crippen molar-refractivity contribution in [2.45, 2.75) is 37.5 Å². The van der Waals surface area contributed by atoms with E-state index in [1.165, 1.54) is 12.1 Å². The van der Waals surface area contributed by atoms with Crippen LogP contribution >= 0.6 is 11.6 Å². The highest BCUT2D eigenvalue weighted by Crippen LogP contribution is 2.26. The minimum atomic E-state index is -0.216. The van der Waals surface area contributed by atoms with Crippen LogP contribution in [-0.2, 0) is 0 Å². The van der Waals surface area contributed by atoms with Crippen LogP contribution in [0.25, 0.3) is 0 Å². The van der Waals surface area contributed by atoms with Crippen molar-refractivity contribution in [2.24, 2.45) is 0 Å². The van der Waals surface area contributed by atoms with Gasteiger partial charge in [-0.3, -0.25) is 9.69 Å².